The molecule has 0 aliphatic carbocycles. The van der Waals surface area contributed by atoms with Crippen molar-refractivity contribution in [1.29, 1.82) is 0 Å². The van der Waals surface area contributed by atoms with E-state index in [1.54, 1.807) is 19.2 Å². The average molecular weight is 311 g/mol. The minimum Gasteiger partial charge on any atom is -0.495 e. The summed E-state index contributed by atoms with van der Waals surface area (Å²) in [5, 5.41) is 4.01. The molecule has 0 aliphatic rings. The summed E-state index contributed by atoms with van der Waals surface area (Å²) in [6.07, 6.45) is 1.50. The first kappa shape index (κ1) is 15.4. The molecule has 21 heavy (non-hydrogen) atoms. The van der Waals surface area contributed by atoms with Crippen LogP contribution in [0.2, 0.25) is 0 Å². The fourth-order valence-corrected chi connectivity index (χ4v) is 2.96. The summed E-state index contributed by atoms with van der Waals surface area (Å²) < 4.78 is 33.8. The van der Waals surface area contributed by atoms with Gasteiger partial charge in [-0.05, 0) is 17.7 Å². The second-order valence-electron chi connectivity index (χ2n) is 4.35. The standard InChI is InChI=1S/C12H17N5O3S/c1-17-8-14-12(16-17)7-15-21(18,19)11-5-9(6-13)3-4-10(11)20-2/h3-5,8,15H,6-7,13H2,1-2H3. The zero-order valence-electron chi connectivity index (χ0n) is 11.8. The molecule has 1 aromatic heterocycles. The van der Waals surface area contributed by atoms with Crippen LogP contribution >= 0.6 is 0 Å². The number of methoxy groups -OCH3 is 1. The van der Waals surface area contributed by atoms with E-state index < -0.39 is 10.0 Å². The highest BCUT2D eigenvalue weighted by Gasteiger charge is 2.20. The molecule has 9 heteroatoms. The highest BCUT2D eigenvalue weighted by Crippen LogP contribution is 2.24. The maximum atomic E-state index is 12.4. The van der Waals surface area contributed by atoms with Gasteiger partial charge in [0.25, 0.3) is 0 Å². The molecule has 2 aromatic rings. The Bertz CT molecular complexity index is 726. The smallest absolute Gasteiger partial charge is 0.244 e. The Morgan fingerprint density at radius 1 is 1.43 bits per heavy atom. The highest BCUT2D eigenvalue weighted by atomic mass is 32.2. The molecule has 3 N–H and O–H groups in total. The number of aromatic nitrogens is 3. The van der Waals surface area contributed by atoms with E-state index in [0.29, 0.717) is 11.4 Å². The number of nitrogens with zero attached hydrogens (tertiary/aromatic N) is 3. The van der Waals surface area contributed by atoms with Gasteiger partial charge < -0.3 is 10.5 Å². The van der Waals surface area contributed by atoms with Crippen LogP contribution in [0.5, 0.6) is 5.75 Å². The number of benzene rings is 1. The maximum Gasteiger partial charge on any atom is 0.244 e. The molecule has 0 saturated heterocycles. The second-order valence-corrected chi connectivity index (χ2v) is 6.08. The number of aryl methyl sites for hydroxylation is 1. The molecule has 1 heterocycles. The molecule has 2 rings (SSSR count). The monoisotopic (exact) mass is 311 g/mol. The lowest BCUT2D eigenvalue weighted by Crippen LogP contribution is -2.24. The van der Waals surface area contributed by atoms with Gasteiger partial charge in [0, 0.05) is 13.6 Å². The molecule has 0 spiro atoms. The minimum absolute atomic E-state index is 0.000813. The fraction of sp³-hybridized carbons (Fsp3) is 0.333. The Morgan fingerprint density at radius 3 is 2.76 bits per heavy atom. The van der Waals surface area contributed by atoms with Gasteiger partial charge in [-0.1, -0.05) is 6.07 Å². The van der Waals surface area contributed by atoms with E-state index in [-0.39, 0.29) is 23.7 Å². The summed E-state index contributed by atoms with van der Waals surface area (Å²) in [5.41, 5.74) is 6.24. The Balaban J connectivity index is 2.26. The van der Waals surface area contributed by atoms with Crippen molar-refractivity contribution in [1.82, 2.24) is 19.5 Å². The van der Waals surface area contributed by atoms with Gasteiger partial charge in [0.2, 0.25) is 10.0 Å². The van der Waals surface area contributed by atoms with Crippen molar-refractivity contribution in [3.05, 3.63) is 35.9 Å². The molecule has 0 unspecified atom stereocenters. The molecule has 0 fully saturated rings. The molecule has 114 valence electrons. The molecular weight excluding hydrogens is 294 g/mol. The average Bonchev–Trinajstić information content (AvgIpc) is 2.90. The summed E-state index contributed by atoms with van der Waals surface area (Å²) in [6.45, 7) is 0.244. The van der Waals surface area contributed by atoms with Gasteiger partial charge in [-0.15, -0.1) is 0 Å². The predicted octanol–water partition coefficient (Wildman–Crippen LogP) is -0.239. The molecule has 0 atom stereocenters. The van der Waals surface area contributed by atoms with Crippen LogP contribution in [0.15, 0.2) is 29.4 Å². The van der Waals surface area contributed by atoms with Gasteiger partial charge in [0.05, 0.1) is 13.7 Å². The SMILES string of the molecule is COc1ccc(CN)cc1S(=O)(=O)NCc1ncn(C)n1. The molecule has 0 radical (unpaired) electrons. The van der Waals surface area contributed by atoms with E-state index in [9.17, 15) is 8.42 Å². The molecule has 0 amide bonds. The van der Waals surface area contributed by atoms with Crippen LogP contribution in [0, 0.1) is 0 Å². The molecular formula is C12H17N5O3S. The van der Waals surface area contributed by atoms with Gasteiger partial charge in [-0.2, -0.15) is 5.10 Å². The molecule has 0 saturated carbocycles. The number of sulfonamides is 1. The van der Waals surface area contributed by atoms with E-state index in [2.05, 4.69) is 14.8 Å². The first-order chi connectivity index (χ1) is 9.96. The molecule has 8 nitrogen and oxygen atoms in total. The Kier molecular flexibility index (Phi) is 4.56. The summed E-state index contributed by atoms with van der Waals surface area (Å²) in [4.78, 5) is 4.01. The van der Waals surface area contributed by atoms with Gasteiger partial charge in [0.1, 0.15) is 17.0 Å². The number of nitrogens with one attached hydrogen (secondary N) is 1. The summed E-state index contributed by atoms with van der Waals surface area (Å²) in [7, 11) is -0.624. The lowest BCUT2D eigenvalue weighted by Gasteiger charge is -2.11. The van der Waals surface area contributed by atoms with E-state index in [4.69, 9.17) is 10.5 Å². The van der Waals surface area contributed by atoms with Gasteiger partial charge in [0.15, 0.2) is 5.82 Å². The quantitative estimate of drug-likeness (QED) is 0.761. The summed E-state index contributed by atoms with van der Waals surface area (Å²) in [6, 6.07) is 4.79. The first-order valence-corrected chi connectivity index (χ1v) is 7.65. The number of hydrogen-bond acceptors (Lipinski definition) is 6. The minimum atomic E-state index is -3.74. The van der Waals surface area contributed by atoms with Gasteiger partial charge in [-0.3, -0.25) is 4.68 Å². The molecule has 1 aromatic carbocycles. The largest absolute Gasteiger partial charge is 0.495 e. The zero-order chi connectivity index (χ0) is 15.5. The Labute approximate surface area is 123 Å². The van der Waals surface area contributed by atoms with Crippen molar-refractivity contribution in [3.63, 3.8) is 0 Å². The number of ether oxygens (including phenoxy) is 1. The van der Waals surface area contributed by atoms with Crippen LogP contribution in [0.25, 0.3) is 0 Å². The van der Waals surface area contributed by atoms with Crippen molar-refractivity contribution in [2.75, 3.05) is 7.11 Å². The Hall–Kier alpha value is -1.97. The molecule has 0 bridgehead atoms. The van der Waals surface area contributed by atoms with Crippen molar-refractivity contribution >= 4 is 10.0 Å². The summed E-state index contributed by atoms with van der Waals surface area (Å²) >= 11 is 0. The predicted molar refractivity (Wildman–Crippen MR) is 75.9 cm³/mol. The van der Waals surface area contributed by atoms with Gasteiger partial charge in [-0.25, -0.2) is 18.1 Å². The zero-order valence-corrected chi connectivity index (χ0v) is 12.6. The number of rotatable bonds is 6. The third-order valence-electron chi connectivity index (χ3n) is 2.82. The van der Waals surface area contributed by atoms with Crippen LogP contribution < -0.4 is 15.2 Å². The topological polar surface area (TPSA) is 112 Å². The lowest BCUT2D eigenvalue weighted by molar-refractivity contribution is 0.402. The third kappa shape index (κ3) is 3.57. The van der Waals surface area contributed by atoms with Crippen molar-refractivity contribution in [3.8, 4) is 5.75 Å². The number of hydrogen-bond donors (Lipinski definition) is 2. The van der Waals surface area contributed by atoms with E-state index in [0.717, 1.165) is 0 Å². The van der Waals surface area contributed by atoms with Crippen LogP contribution in [-0.2, 0) is 30.2 Å². The second kappa shape index (κ2) is 6.20. The van der Waals surface area contributed by atoms with E-state index >= 15 is 0 Å². The van der Waals surface area contributed by atoms with Crippen molar-refractivity contribution < 1.29 is 13.2 Å². The van der Waals surface area contributed by atoms with Crippen LogP contribution in [0.4, 0.5) is 0 Å². The first-order valence-electron chi connectivity index (χ1n) is 6.17. The van der Waals surface area contributed by atoms with Crippen molar-refractivity contribution in [2.45, 2.75) is 18.0 Å². The Morgan fingerprint density at radius 2 is 2.19 bits per heavy atom. The third-order valence-corrected chi connectivity index (χ3v) is 4.24. The van der Waals surface area contributed by atoms with Gasteiger partial charge >= 0.3 is 0 Å². The lowest BCUT2D eigenvalue weighted by atomic mass is 10.2. The van der Waals surface area contributed by atoms with Crippen LogP contribution in [0.1, 0.15) is 11.4 Å². The maximum absolute atomic E-state index is 12.4. The normalized spacial score (nSPS) is 11.6. The highest BCUT2D eigenvalue weighted by molar-refractivity contribution is 7.89. The van der Waals surface area contributed by atoms with Crippen LogP contribution in [0.3, 0.4) is 0 Å². The van der Waals surface area contributed by atoms with Crippen LogP contribution in [-0.4, -0.2) is 30.3 Å². The molecule has 0 aliphatic heterocycles. The summed E-state index contributed by atoms with van der Waals surface area (Å²) in [5.74, 6) is 0.642. The van der Waals surface area contributed by atoms with E-state index in [1.165, 1.54) is 24.2 Å². The van der Waals surface area contributed by atoms with Crippen molar-refractivity contribution in [2.24, 2.45) is 12.8 Å². The fourth-order valence-electron chi connectivity index (χ4n) is 1.76. The number of nitrogens with two attached hydrogens (primary N) is 1. The van der Waals surface area contributed by atoms with E-state index in [1.807, 2.05) is 0 Å².